The zero-order valence-corrected chi connectivity index (χ0v) is 16.0. The van der Waals surface area contributed by atoms with Crippen LogP contribution in [0.2, 0.25) is 5.02 Å². The van der Waals surface area contributed by atoms with Crippen LogP contribution in [0.5, 0.6) is 0 Å². The number of hydrogen-bond donors (Lipinski definition) is 1. The lowest BCUT2D eigenvalue weighted by molar-refractivity contribution is -0.123. The third-order valence-electron chi connectivity index (χ3n) is 4.32. The molecule has 1 N–H and O–H groups in total. The minimum absolute atomic E-state index is 0.167. The predicted molar refractivity (Wildman–Crippen MR) is 104 cm³/mol. The van der Waals surface area contributed by atoms with Gasteiger partial charge < -0.3 is 19.7 Å². The molecular formula is C20H20ClFN2O4. The van der Waals surface area contributed by atoms with Crippen LogP contribution in [0.25, 0.3) is 0 Å². The molecule has 6 nitrogen and oxygen atoms in total. The number of halogens is 2. The highest BCUT2D eigenvalue weighted by atomic mass is 35.5. The van der Waals surface area contributed by atoms with Crippen molar-refractivity contribution in [2.45, 2.75) is 13.0 Å². The summed E-state index contributed by atoms with van der Waals surface area (Å²) >= 11 is 5.66. The Morgan fingerprint density at radius 2 is 1.86 bits per heavy atom. The van der Waals surface area contributed by atoms with E-state index in [2.05, 4.69) is 10.2 Å². The van der Waals surface area contributed by atoms with Crippen LogP contribution in [0.15, 0.2) is 42.5 Å². The van der Waals surface area contributed by atoms with Gasteiger partial charge in [0.25, 0.3) is 5.91 Å². The Kier molecular flexibility index (Phi) is 6.49. The third-order valence-corrected chi connectivity index (χ3v) is 4.55. The fraction of sp³-hybridized carbons (Fsp3) is 0.300. The standard InChI is InChI=1S/C20H20ClFN2O4/c1-13(28-20(26)17-7-2-14(21)12-18(17)22)19(25)23-15-3-5-16(6-4-15)24-8-10-27-11-9-24/h2-7,12-13H,8-11H2,1H3,(H,23,25)/t13-/m0/s1. The Bertz CT molecular complexity index is 854. The lowest BCUT2D eigenvalue weighted by atomic mass is 10.2. The first-order chi connectivity index (χ1) is 13.4. The zero-order valence-electron chi connectivity index (χ0n) is 15.3. The van der Waals surface area contributed by atoms with Crippen molar-refractivity contribution >= 4 is 34.9 Å². The van der Waals surface area contributed by atoms with Gasteiger partial charge >= 0.3 is 5.97 Å². The van der Waals surface area contributed by atoms with E-state index in [1.807, 2.05) is 12.1 Å². The second-order valence-corrected chi connectivity index (χ2v) is 6.74. The van der Waals surface area contributed by atoms with Crippen LogP contribution in [0.4, 0.5) is 15.8 Å². The van der Waals surface area contributed by atoms with Crippen molar-refractivity contribution in [3.8, 4) is 0 Å². The highest BCUT2D eigenvalue weighted by Gasteiger charge is 2.21. The molecule has 28 heavy (non-hydrogen) atoms. The summed E-state index contributed by atoms with van der Waals surface area (Å²) < 4.78 is 24.2. The summed E-state index contributed by atoms with van der Waals surface area (Å²) in [6.07, 6.45) is -1.10. The Labute approximate surface area is 167 Å². The minimum Gasteiger partial charge on any atom is -0.449 e. The Morgan fingerprint density at radius 1 is 1.18 bits per heavy atom. The maximum atomic E-state index is 13.8. The summed E-state index contributed by atoms with van der Waals surface area (Å²) in [6.45, 7) is 4.44. The van der Waals surface area contributed by atoms with Crippen LogP contribution >= 0.6 is 11.6 Å². The largest absolute Gasteiger partial charge is 0.449 e. The van der Waals surface area contributed by atoms with Gasteiger partial charge in [-0.05, 0) is 49.4 Å². The molecule has 1 fully saturated rings. The summed E-state index contributed by atoms with van der Waals surface area (Å²) in [5.41, 5.74) is 1.33. The Morgan fingerprint density at radius 3 is 2.50 bits per heavy atom. The molecule has 0 unspecified atom stereocenters. The van der Waals surface area contributed by atoms with Crippen LogP contribution in [0, 0.1) is 5.82 Å². The molecule has 2 aromatic carbocycles. The van der Waals surface area contributed by atoms with Gasteiger partial charge in [0.1, 0.15) is 5.82 Å². The van der Waals surface area contributed by atoms with E-state index in [9.17, 15) is 14.0 Å². The van der Waals surface area contributed by atoms with E-state index in [1.165, 1.54) is 19.1 Å². The van der Waals surface area contributed by atoms with Gasteiger partial charge in [0, 0.05) is 29.5 Å². The van der Waals surface area contributed by atoms with Crippen LogP contribution in [-0.2, 0) is 14.3 Å². The van der Waals surface area contributed by atoms with Crippen LogP contribution in [0.1, 0.15) is 17.3 Å². The molecule has 148 valence electrons. The minimum atomic E-state index is -1.10. The molecule has 1 heterocycles. The van der Waals surface area contributed by atoms with Crippen LogP contribution in [0.3, 0.4) is 0 Å². The van der Waals surface area contributed by atoms with E-state index in [4.69, 9.17) is 21.1 Å². The molecule has 3 rings (SSSR count). The van der Waals surface area contributed by atoms with E-state index in [1.54, 1.807) is 12.1 Å². The number of carbonyl (C=O) groups is 2. The van der Waals surface area contributed by atoms with Gasteiger partial charge in [0.15, 0.2) is 6.10 Å². The van der Waals surface area contributed by atoms with E-state index in [0.717, 1.165) is 24.8 Å². The number of benzene rings is 2. The van der Waals surface area contributed by atoms with Gasteiger partial charge in [-0.2, -0.15) is 0 Å². The molecule has 2 aromatic rings. The monoisotopic (exact) mass is 406 g/mol. The quantitative estimate of drug-likeness (QED) is 0.770. The second-order valence-electron chi connectivity index (χ2n) is 6.31. The van der Waals surface area contributed by atoms with E-state index < -0.39 is 23.8 Å². The second kappa shape index (κ2) is 9.03. The third kappa shape index (κ3) is 4.99. The van der Waals surface area contributed by atoms with Crippen molar-refractivity contribution in [1.29, 1.82) is 0 Å². The van der Waals surface area contributed by atoms with Gasteiger partial charge in [-0.1, -0.05) is 11.6 Å². The summed E-state index contributed by atoms with van der Waals surface area (Å²) in [6, 6.07) is 11.0. The molecule has 1 atom stereocenters. The molecule has 0 bridgehead atoms. The zero-order chi connectivity index (χ0) is 20.1. The number of esters is 1. The summed E-state index contributed by atoms with van der Waals surface area (Å²) in [5, 5.41) is 2.85. The molecule has 0 radical (unpaired) electrons. The normalized spacial score (nSPS) is 15.0. The molecule has 8 heteroatoms. The van der Waals surface area contributed by atoms with Crippen molar-refractivity contribution < 1.29 is 23.5 Å². The topological polar surface area (TPSA) is 67.9 Å². The molecule has 0 aliphatic carbocycles. The van der Waals surface area contributed by atoms with Crippen molar-refractivity contribution in [1.82, 2.24) is 0 Å². The van der Waals surface area contributed by atoms with Crippen molar-refractivity contribution in [3.63, 3.8) is 0 Å². The highest BCUT2D eigenvalue weighted by molar-refractivity contribution is 6.30. The highest BCUT2D eigenvalue weighted by Crippen LogP contribution is 2.20. The van der Waals surface area contributed by atoms with Crippen molar-refractivity contribution in [2.75, 3.05) is 36.5 Å². The van der Waals surface area contributed by atoms with Crippen molar-refractivity contribution in [2.24, 2.45) is 0 Å². The fourth-order valence-corrected chi connectivity index (χ4v) is 2.91. The van der Waals surface area contributed by atoms with Crippen LogP contribution < -0.4 is 10.2 Å². The van der Waals surface area contributed by atoms with Gasteiger partial charge in [0.05, 0.1) is 18.8 Å². The average molecular weight is 407 g/mol. The summed E-state index contributed by atoms with van der Waals surface area (Å²) in [5.74, 6) is -2.25. The number of carbonyl (C=O) groups excluding carboxylic acids is 2. The van der Waals surface area contributed by atoms with Gasteiger partial charge in [0.2, 0.25) is 0 Å². The van der Waals surface area contributed by atoms with Gasteiger partial charge in [-0.25, -0.2) is 9.18 Å². The van der Waals surface area contributed by atoms with Crippen LogP contribution in [-0.4, -0.2) is 44.3 Å². The molecule has 0 aromatic heterocycles. The van der Waals surface area contributed by atoms with E-state index in [-0.39, 0.29) is 10.6 Å². The molecular weight excluding hydrogens is 387 g/mol. The molecule has 1 amide bonds. The average Bonchev–Trinajstić information content (AvgIpc) is 2.69. The predicted octanol–water partition coefficient (Wildman–Crippen LogP) is 3.50. The first-order valence-electron chi connectivity index (χ1n) is 8.83. The molecule has 1 saturated heterocycles. The summed E-state index contributed by atoms with van der Waals surface area (Å²) in [7, 11) is 0. The Hall–Kier alpha value is -2.64. The number of nitrogens with one attached hydrogen (secondary N) is 1. The first kappa shape index (κ1) is 20.1. The Balaban J connectivity index is 1.56. The molecule has 0 saturated carbocycles. The number of rotatable bonds is 5. The van der Waals surface area contributed by atoms with Crippen molar-refractivity contribution in [3.05, 3.63) is 58.9 Å². The van der Waals surface area contributed by atoms with Gasteiger partial charge in [-0.15, -0.1) is 0 Å². The number of anilines is 2. The molecule has 1 aliphatic rings. The lowest BCUT2D eigenvalue weighted by Gasteiger charge is -2.28. The SMILES string of the molecule is C[C@H](OC(=O)c1ccc(Cl)cc1F)C(=O)Nc1ccc(N2CCOCC2)cc1. The first-order valence-corrected chi connectivity index (χ1v) is 9.21. The van der Waals surface area contributed by atoms with E-state index in [0.29, 0.717) is 18.9 Å². The van der Waals surface area contributed by atoms with Gasteiger partial charge in [-0.3, -0.25) is 4.79 Å². The fourth-order valence-electron chi connectivity index (χ4n) is 2.75. The number of amides is 1. The number of nitrogens with zero attached hydrogens (tertiary/aromatic N) is 1. The number of ether oxygens (including phenoxy) is 2. The molecule has 1 aliphatic heterocycles. The number of morpholine rings is 1. The molecule has 0 spiro atoms. The maximum absolute atomic E-state index is 13.8. The number of hydrogen-bond acceptors (Lipinski definition) is 5. The maximum Gasteiger partial charge on any atom is 0.341 e. The lowest BCUT2D eigenvalue weighted by Crippen LogP contribution is -2.36. The van der Waals surface area contributed by atoms with E-state index >= 15 is 0 Å². The smallest absolute Gasteiger partial charge is 0.341 e. The summed E-state index contributed by atoms with van der Waals surface area (Å²) in [4.78, 5) is 26.5.